The fourth-order valence-electron chi connectivity index (χ4n) is 10.5. The van der Waals surface area contributed by atoms with Crippen LogP contribution in [0, 0.1) is 0 Å². The summed E-state index contributed by atoms with van der Waals surface area (Å²) in [6, 6.07) is 63.7. The second-order valence-electron chi connectivity index (χ2n) is 16.4. The van der Waals surface area contributed by atoms with Gasteiger partial charge in [0.2, 0.25) is 0 Å². The fraction of sp³-hybridized carbons (Fsp3) is 0.111. The standard InChI is InChI=1S/C54H40/c1-53(2)46-26-13-11-19-37(46)44-32-45-38-20-12-14-27-47(38)54(3,4)52(45)49(51(44)53)35-30-28-34(29-31-35)48-40-21-7-9-23-42(40)50(43-24-10-8-22-41(43)48)39-25-15-17-33-16-5-6-18-36(33)39/h5-32H,1-4H3. The number of hydrogen-bond acceptors (Lipinski definition) is 0. The first kappa shape index (κ1) is 31.3. The third kappa shape index (κ3) is 4.14. The van der Waals surface area contributed by atoms with Crippen molar-refractivity contribution in [1.82, 2.24) is 0 Å². The molecule has 9 aromatic rings. The fourth-order valence-corrected chi connectivity index (χ4v) is 10.5. The summed E-state index contributed by atoms with van der Waals surface area (Å²) in [5, 5.41) is 7.67. The van der Waals surface area contributed by atoms with Gasteiger partial charge in [-0.3, -0.25) is 0 Å². The lowest BCUT2D eigenvalue weighted by molar-refractivity contribution is 0.642. The molecule has 0 unspecified atom stereocenters. The van der Waals surface area contributed by atoms with Crippen LogP contribution in [-0.2, 0) is 10.8 Å². The maximum Gasteiger partial charge on any atom is 0.0165 e. The lowest BCUT2D eigenvalue weighted by Gasteiger charge is -2.31. The Morgan fingerprint density at radius 2 is 0.685 bits per heavy atom. The minimum atomic E-state index is -0.135. The molecule has 0 bridgehead atoms. The molecule has 0 aromatic heterocycles. The Bertz CT molecular complexity index is 2880. The van der Waals surface area contributed by atoms with E-state index in [2.05, 4.69) is 198 Å². The van der Waals surface area contributed by atoms with Gasteiger partial charge in [-0.1, -0.05) is 191 Å². The zero-order chi connectivity index (χ0) is 36.3. The van der Waals surface area contributed by atoms with Crippen LogP contribution < -0.4 is 0 Å². The normalized spacial score (nSPS) is 14.6. The number of fused-ring (bicyclic) bond motifs is 9. The summed E-state index contributed by atoms with van der Waals surface area (Å²) >= 11 is 0. The predicted molar refractivity (Wildman–Crippen MR) is 230 cm³/mol. The molecule has 0 atom stereocenters. The molecule has 0 heteroatoms. The molecule has 9 aromatic carbocycles. The van der Waals surface area contributed by atoms with Crippen LogP contribution in [0.1, 0.15) is 49.9 Å². The van der Waals surface area contributed by atoms with Crippen molar-refractivity contribution in [3.8, 4) is 55.6 Å². The molecule has 0 radical (unpaired) electrons. The van der Waals surface area contributed by atoms with E-state index < -0.39 is 0 Å². The monoisotopic (exact) mass is 688 g/mol. The lowest BCUT2D eigenvalue weighted by Crippen LogP contribution is -2.21. The summed E-state index contributed by atoms with van der Waals surface area (Å²) in [5.41, 5.74) is 18.7. The van der Waals surface area contributed by atoms with Crippen LogP contribution in [0.3, 0.4) is 0 Å². The van der Waals surface area contributed by atoms with Crippen molar-refractivity contribution < 1.29 is 0 Å². The minimum Gasteiger partial charge on any atom is -0.0619 e. The molecule has 0 amide bonds. The third-order valence-corrected chi connectivity index (χ3v) is 12.8. The molecule has 0 aliphatic heterocycles. The molecule has 0 saturated heterocycles. The number of rotatable bonds is 3. The molecule has 0 heterocycles. The van der Waals surface area contributed by atoms with Crippen LogP contribution >= 0.6 is 0 Å². The molecule has 0 fully saturated rings. The van der Waals surface area contributed by atoms with E-state index in [1.165, 1.54) is 110 Å². The zero-order valence-corrected chi connectivity index (χ0v) is 31.2. The quantitative estimate of drug-likeness (QED) is 0.162. The predicted octanol–water partition coefficient (Wildman–Crippen LogP) is 14.8. The van der Waals surface area contributed by atoms with Crippen molar-refractivity contribution in [2.75, 3.05) is 0 Å². The first-order valence-electron chi connectivity index (χ1n) is 19.3. The van der Waals surface area contributed by atoms with Crippen LogP contribution in [0.25, 0.3) is 88.0 Å². The Hall–Kier alpha value is -6.24. The van der Waals surface area contributed by atoms with Crippen molar-refractivity contribution in [3.63, 3.8) is 0 Å². The van der Waals surface area contributed by atoms with Gasteiger partial charge < -0.3 is 0 Å². The van der Waals surface area contributed by atoms with Crippen LogP contribution in [0.15, 0.2) is 170 Å². The van der Waals surface area contributed by atoms with Crippen LogP contribution in [0.4, 0.5) is 0 Å². The molecule has 0 N–H and O–H groups in total. The molecular weight excluding hydrogens is 649 g/mol. The van der Waals surface area contributed by atoms with Gasteiger partial charge in [-0.05, 0) is 116 Å². The van der Waals surface area contributed by atoms with Gasteiger partial charge in [-0.2, -0.15) is 0 Å². The Kier molecular flexibility index (Phi) is 6.46. The Labute approximate surface area is 317 Å². The first-order valence-corrected chi connectivity index (χ1v) is 19.3. The van der Waals surface area contributed by atoms with E-state index in [-0.39, 0.29) is 10.8 Å². The largest absolute Gasteiger partial charge is 0.0619 e. The molecular formula is C54H40. The average molecular weight is 689 g/mol. The molecule has 2 aliphatic rings. The van der Waals surface area contributed by atoms with Crippen molar-refractivity contribution in [2.45, 2.75) is 38.5 Å². The number of hydrogen-bond donors (Lipinski definition) is 0. The highest BCUT2D eigenvalue weighted by Crippen LogP contribution is 2.60. The van der Waals surface area contributed by atoms with E-state index in [4.69, 9.17) is 0 Å². The molecule has 54 heavy (non-hydrogen) atoms. The van der Waals surface area contributed by atoms with Crippen molar-refractivity contribution >= 4 is 32.3 Å². The van der Waals surface area contributed by atoms with Gasteiger partial charge in [0, 0.05) is 10.8 Å². The van der Waals surface area contributed by atoms with Crippen molar-refractivity contribution in [3.05, 3.63) is 192 Å². The summed E-state index contributed by atoms with van der Waals surface area (Å²) in [6.07, 6.45) is 0. The van der Waals surface area contributed by atoms with Crippen molar-refractivity contribution in [2.24, 2.45) is 0 Å². The van der Waals surface area contributed by atoms with E-state index in [0.29, 0.717) is 0 Å². The smallest absolute Gasteiger partial charge is 0.0165 e. The van der Waals surface area contributed by atoms with Gasteiger partial charge in [0.1, 0.15) is 0 Å². The summed E-state index contributed by atoms with van der Waals surface area (Å²) in [7, 11) is 0. The SMILES string of the molecule is CC1(C)c2ccccc2-c2cc3c(c(-c4ccc(-c5c6ccccc6c(-c6cccc7ccccc67)c6ccccc56)cc4)c21)C(C)(C)c1ccccc1-3. The molecule has 0 nitrogen and oxygen atoms in total. The van der Waals surface area contributed by atoms with E-state index >= 15 is 0 Å². The van der Waals surface area contributed by atoms with Gasteiger partial charge in [-0.25, -0.2) is 0 Å². The highest BCUT2D eigenvalue weighted by atomic mass is 14.5. The first-order chi connectivity index (χ1) is 26.3. The molecule has 0 saturated carbocycles. The van der Waals surface area contributed by atoms with E-state index in [0.717, 1.165) is 0 Å². The minimum absolute atomic E-state index is 0.135. The number of benzene rings is 9. The van der Waals surface area contributed by atoms with Gasteiger partial charge in [0.05, 0.1) is 0 Å². The molecule has 2 aliphatic carbocycles. The maximum absolute atomic E-state index is 2.51. The van der Waals surface area contributed by atoms with Gasteiger partial charge in [-0.15, -0.1) is 0 Å². The second kappa shape index (κ2) is 11.1. The molecule has 11 rings (SSSR count). The molecule has 0 spiro atoms. The summed E-state index contributed by atoms with van der Waals surface area (Å²) in [6.45, 7) is 9.69. The molecule has 256 valence electrons. The topological polar surface area (TPSA) is 0 Å². The summed E-state index contributed by atoms with van der Waals surface area (Å²) in [4.78, 5) is 0. The Morgan fingerprint density at radius 3 is 1.22 bits per heavy atom. The van der Waals surface area contributed by atoms with Crippen molar-refractivity contribution in [1.29, 1.82) is 0 Å². The third-order valence-electron chi connectivity index (χ3n) is 12.8. The highest BCUT2D eigenvalue weighted by molar-refractivity contribution is 6.23. The van der Waals surface area contributed by atoms with Gasteiger partial charge in [0.15, 0.2) is 0 Å². The Morgan fingerprint density at radius 1 is 0.296 bits per heavy atom. The van der Waals surface area contributed by atoms with E-state index in [9.17, 15) is 0 Å². The van der Waals surface area contributed by atoms with E-state index in [1.807, 2.05) is 0 Å². The van der Waals surface area contributed by atoms with Crippen LogP contribution in [-0.4, -0.2) is 0 Å². The van der Waals surface area contributed by atoms with Gasteiger partial charge in [0.25, 0.3) is 0 Å². The average Bonchev–Trinajstić information content (AvgIpc) is 3.58. The van der Waals surface area contributed by atoms with Gasteiger partial charge >= 0.3 is 0 Å². The lowest BCUT2D eigenvalue weighted by atomic mass is 9.72. The maximum atomic E-state index is 2.51. The zero-order valence-electron chi connectivity index (χ0n) is 31.2. The second-order valence-corrected chi connectivity index (χ2v) is 16.4. The van der Waals surface area contributed by atoms with Crippen LogP contribution in [0.2, 0.25) is 0 Å². The van der Waals surface area contributed by atoms with Crippen LogP contribution in [0.5, 0.6) is 0 Å². The van der Waals surface area contributed by atoms with E-state index in [1.54, 1.807) is 0 Å². The Balaban J connectivity index is 1.17. The summed E-state index contributed by atoms with van der Waals surface area (Å²) < 4.78 is 0. The summed E-state index contributed by atoms with van der Waals surface area (Å²) in [5.74, 6) is 0. The highest BCUT2D eigenvalue weighted by Gasteiger charge is 2.45.